The number of nitriles is 1. The van der Waals surface area contributed by atoms with Gasteiger partial charge in [0, 0.05) is 11.4 Å². The van der Waals surface area contributed by atoms with Crippen LogP contribution in [0.5, 0.6) is 0 Å². The molecule has 0 aliphatic carbocycles. The fourth-order valence-electron chi connectivity index (χ4n) is 1.89. The van der Waals surface area contributed by atoms with Crippen molar-refractivity contribution in [2.24, 2.45) is 0 Å². The molecular weight excluding hydrogens is 226 g/mol. The van der Waals surface area contributed by atoms with Crippen LogP contribution in [0.1, 0.15) is 22.5 Å². The van der Waals surface area contributed by atoms with Crippen LogP contribution in [0.2, 0.25) is 0 Å². The summed E-state index contributed by atoms with van der Waals surface area (Å²) in [6.45, 7) is 4.12. The summed E-state index contributed by atoms with van der Waals surface area (Å²) in [5.74, 6) is 0. The minimum Gasteiger partial charge on any atom is -0.292 e. The van der Waals surface area contributed by atoms with Gasteiger partial charge in [0.25, 0.3) is 0 Å². The summed E-state index contributed by atoms with van der Waals surface area (Å²) in [6, 6.07) is 11.2. The van der Waals surface area contributed by atoms with E-state index in [9.17, 15) is 4.79 Å². The zero-order valence-corrected chi connectivity index (χ0v) is 10.3. The highest BCUT2D eigenvalue weighted by molar-refractivity contribution is 5.33. The van der Waals surface area contributed by atoms with Gasteiger partial charge < -0.3 is 0 Å². The van der Waals surface area contributed by atoms with Gasteiger partial charge in [-0.3, -0.25) is 4.57 Å². The van der Waals surface area contributed by atoms with Crippen molar-refractivity contribution >= 4 is 0 Å². The lowest BCUT2D eigenvalue weighted by Gasteiger charge is -2.09. The maximum absolute atomic E-state index is 11.8. The quantitative estimate of drug-likeness (QED) is 0.802. The van der Waals surface area contributed by atoms with E-state index in [1.807, 2.05) is 25.1 Å². The van der Waals surface area contributed by atoms with Crippen molar-refractivity contribution in [3.8, 4) is 6.07 Å². The highest BCUT2D eigenvalue weighted by Crippen LogP contribution is 2.07. The predicted molar refractivity (Wildman–Crippen MR) is 68.2 cm³/mol. The average Bonchev–Trinajstić information content (AvgIpc) is 2.34. The molecule has 18 heavy (non-hydrogen) atoms. The van der Waals surface area contributed by atoms with Gasteiger partial charge in [-0.1, -0.05) is 12.1 Å². The van der Waals surface area contributed by atoms with E-state index in [2.05, 4.69) is 11.1 Å². The lowest BCUT2D eigenvalue weighted by molar-refractivity contribution is 0.694. The van der Waals surface area contributed by atoms with Gasteiger partial charge in [-0.15, -0.1) is 0 Å². The van der Waals surface area contributed by atoms with Crippen LogP contribution in [-0.4, -0.2) is 9.55 Å². The molecule has 0 saturated heterocycles. The molecule has 90 valence electrons. The molecule has 0 aliphatic rings. The first kappa shape index (κ1) is 12.1. The van der Waals surface area contributed by atoms with Crippen LogP contribution in [-0.2, 0) is 6.54 Å². The SMILES string of the molecule is Cc1cc(C)n(Cc2cccc(C#N)c2)c(=O)n1. The van der Waals surface area contributed by atoms with Crippen molar-refractivity contribution in [3.63, 3.8) is 0 Å². The third-order valence-electron chi connectivity index (χ3n) is 2.74. The van der Waals surface area contributed by atoms with E-state index in [1.54, 1.807) is 23.6 Å². The average molecular weight is 239 g/mol. The minimum atomic E-state index is -0.255. The number of aromatic nitrogens is 2. The fourth-order valence-corrected chi connectivity index (χ4v) is 1.89. The molecule has 0 fully saturated rings. The second kappa shape index (κ2) is 4.84. The third-order valence-corrected chi connectivity index (χ3v) is 2.74. The highest BCUT2D eigenvalue weighted by atomic mass is 16.1. The van der Waals surface area contributed by atoms with Crippen LogP contribution in [0.15, 0.2) is 35.1 Å². The van der Waals surface area contributed by atoms with Gasteiger partial charge >= 0.3 is 5.69 Å². The molecule has 0 radical (unpaired) electrons. The summed E-state index contributed by atoms with van der Waals surface area (Å²) in [7, 11) is 0. The Kier molecular flexibility index (Phi) is 3.24. The Morgan fingerprint density at radius 3 is 2.78 bits per heavy atom. The Hall–Kier alpha value is -2.41. The van der Waals surface area contributed by atoms with Crippen LogP contribution < -0.4 is 5.69 Å². The smallest absolute Gasteiger partial charge is 0.292 e. The van der Waals surface area contributed by atoms with E-state index in [0.717, 1.165) is 17.0 Å². The zero-order chi connectivity index (χ0) is 13.1. The molecule has 0 aliphatic heterocycles. The van der Waals surface area contributed by atoms with Gasteiger partial charge in [-0.05, 0) is 37.6 Å². The minimum absolute atomic E-state index is 0.255. The summed E-state index contributed by atoms with van der Waals surface area (Å²) >= 11 is 0. The summed E-state index contributed by atoms with van der Waals surface area (Å²) in [5.41, 5.74) is 2.85. The van der Waals surface area contributed by atoms with Gasteiger partial charge in [0.1, 0.15) is 0 Å². The van der Waals surface area contributed by atoms with Gasteiger partial charge in [-0.2, -0.15) is 10.2 Å². The Balaban J connectivity index is 2.41. The number of hydrogen-bond acceptors (Lipinski definition) is 3. The molecule has 2 rings (SSSR count). The normalized spacial score (nSPS) is 10.1. The van der Waals surface area contributed by atoms with E-state index < -0.39 is 0 Å². The molecule has 1 aromatic heterocycles. The van der Waals surface area contributed by atoms with Crippen molar-refractivity contribution in [2.75, 3.05) is 0 Å². The molecule has 0 spiro atoms. The van der Waals surface area contributed by atoms with E-state index in [0.29, 0.717) is 12.1 Å². The van der Waals surface area contributed by atoms with E-state index >= 15 is 0 Å². The number of aryl methyl sites for hydroxylation is 2. The molecule has 0 bridgehead atoms. The number of benzene rings is 1. The molecule has 2 aromatic rings. The number of rotatable bonds is 2. The van der Waals surface area contributed by atoms with Crippen LogP contribution in [0, 0.1) is 25.2 Å². The maximum Gasteiger partial charge on any atom is 0.348 e. The number of nitrogens with zero attached hydrogens (tertiary/aromatic N) is 3. The van der Waals surface area contributed by atoms with E-state index in [1.165, 1.54) is 0 Å². The molecular formula is C14H13N3O. The lowest BCUT2D eigenvalue weighted by atomic mass is 10.1. The molecule has 1 aromatic carbocycles. The molecule has 4 heteroatoms. The zero-order valence-electron chi connectivity index (χ0n) is 10.3. The van der Waals surface area contributed by atoms with Gasteiger partial charge in [-0.25, -0.2) is 4.79 Å². The second-order valence-electron chi connectivity index (χ2n) is 4.22. The number of hydrogen-bond donors (Lipinski definition) is 0. The third kappa shape index (κ3) is 2.46. The lowest BCUT2D eigenvalue weighted by Crippen LogP contribution is -2.26. The van der Waals surface area contributed by atoms with Crippen molar-refractivity contribution in [3.05, 3.63) is 63.3 Å². The predicted octanol–water partition coefficient (Wildman–Crippen LogP) is 1.78. The van der Waals surface area contributed by atoms with Crippen LogP contribution in [0.4, 0.5) is 0 Å². The van der Waals surface area contributed by atoms with Crippen molar-refractivity contribution in [1.82, 2.24) is 9.55 Å². The summed E-state index contributed by atoms with van der Waals surface area (Å²) < 4.78 is 1.60. The van der Waals surface area contributed by atoms with Crippen molar-refractivity contribution in [2.45, 2.75) is 20.4 Å². The molecule has 0 atom stereocenters. The second-order valence-corrected chi connectivity index (χ2v) is 4.22. The Labute approximate surface area is 105 Å². The first-order valence-electron chi connectivity index (χ1n) is 5.64. The summed E-state index contributed by atoms with van der Waals surface area (Å²) in [4.78, 5) is 15.7. The van der Waals surface area contributed by atoms with Crippen molar-refractivity contribution < 1.29 is 0 Å². The van der Waals surface area contributed by atoms with Crippen molar-refractivity contribution in [1.29, 1.82) is 5.26 Å². The molecule has 4 nitrogen and oxygen atoms in total. The molecule has 0 amide bonds. The van der Waals surface area contributed by atoms with Gasteiger partial charge in [0.15, 0.2) is 0 Å². The van der Waals surface area contributed by atoms with Gasteiger partial charge in [0.2, 0.25) is 0 Å². The molecule has 0 saturated carbocycles. The Morgan fingerprint density at radius 2 is 2.11 bits per heavy atom. The molecule has 1 heterocycles. The molecule has 0 unspecified atom stereocenters. The van der Waals surface area contributed by atoms with Crippen LogP contribution in [0.25, 0.3) is 0 Å². The summed E-state index contributed by atoms with van der Waals surface area (Å²) in [6.07, 6.45) is 0. The standard InChI is InChI=1S/C14H13N3O/c1-10-6-11(2)17(14(18)16-10)9-13-5-3-4-12(7-13)8-15/h3-7H,9H2,1-2H3. The van der Waals surface area contributed by atoms with E-state index in [4.69, 9.17) is 5.26 Å². The Morgan fingerprint density at radius 1 is 1.33 bits per heavy atom. The maximum atomic E-state index is 11.8. The first-order valence-corrected chi connectivity index (χ1v) is 5.64. The van der Waals surface area contributed by atoms with Crippen LogP contribution >= 0.6 is 0 Å². The Bertz CT molecular complexity index is 680. The largest absolute Gasteiger partial charge is 0.348 e. The summed E-state index contributed by atoms with van der Waals surface area (Å²) in [5, 5.41) is 8.84. The van der Waals surface area contributed by atoms with E-state index in [-0.39, 0.29) is 5.69 Å². The topological polar surface area (TPSA) is 58.7 Å². The van der Waals surface area contributed by atoms with Gasteiger partial charge in [0.05, 0.1) is 18.2 Å². The fraction of sp³-hybridized carbons (Fsp3) is 0.214. The molecule has 0 N–H and O–H groups in total. The monoisotopic (exact) mass is 239 g/mol. The van der Waals surface area contributed by atoms with Crippen LogP contribution in [0.3, 0.4) is 0 Å². The first-order chi connectivity index (χ1) is 8.60. The highest BCUT2D eigenvalue weighted by Gasteiger charge is 2.04.